The third-order valence-electron chi connectivity index (χ3n) is 2.32. The molecular weight excluding hydrogens is 208 g/mol. The maximum Gasteiger partial charge on any atom is 0.239 e. The molecule has 4 heteroatoms. The Balaban J connectivity index is 2.55. The molecule has 15 heavy (non-hydrogen) atoms. The number of hydrogen-bond donors (Lipinski definition) is 1. The lowest BCUT2D eigenvalue weighted by atomic mass is 10.2. The van der Waals surface area contributed by atoms with E-state index in [1.807, 2.05) is 6.92 Å². The molecule has 1 rings (SSSR count). The molecule has 0 aliphatic rings. The second-order valence-electron chi connectivity index (χ2n) is 3.72. The number of aryl methyl sites for hydroxylation is 1. The molecule has 0 aliphatic carbocycles. The lowest BCUT2D eigenvalue weighted by Gasteiger charge is -2.19. The van der Waals surface area contributed by atoms with Crippen LogP contribution in [0.3, 0.4) is 0 Å². The van der Waals surface area contributed by atoms with E-state index < -0.39 is 0 Å². The molecule has 0 spiro atoms. The van der Waals surface area contributed by atoms with Crippen LogP contribution in [0.5, 0.6) is 0 Å². The average molecular weight is 226 g/mol. The highest BCUT2D eigenvalue weighted by atomic mass is 32.1. The first-order chi connectivity index (χ1) is 7.04. The number of likely N-dealkylation sites (N-methyl/N-ethyl adjacent to an activating group) is 1. The van der Waals surface area contributed by atoms with Crippen LogP contribution >= 0.6 is 11.3 Å². The van der Waals surface area contributed by atoms with Crippen LogP contribution in [0, 0.1) is 6.92 Å². The van der Waals surface area contributed by atoms with Gasteiger partial charge in [0.15, 0.2) is 0 Å². The molecule has 0 radical (unpaired) electrons. The van der Waals surface area contributed by atoms with Crippen molar-refractivity contribution in [3.05, 3.63) is 21.9 Å². The Labute approximate surface area is 94.9 Å². The molecule has 0 aliphatic heterocycles. The van der Waals surface area contributed by atoms with Gasteiger partial charge in [0.2, 0.25) is 5.91 Å². The van der Waals surface area contributed by atoms with Gasteiger partial charge in [0, 0.05) is 16.8 Å². The maximum absolute atomic E-state index is 11.7. The summed E-state index contributed by atoms with van der Waals surface area (Å²) in [7, 11) is 1.80. The Morgan fingerprint density at radius 3 is 2.73 bits per heavy atom. The van der Waals surface area contributed by atoms with E-state index in [0.29, 0.717) is 13.0 Å². The van der Waals surface area contributed by atoms with Crippen molar-refractivity contribution < 1.29 is 4.79 Å². The lowest BCUT2D eigenvalue weighted by molar-refractivity contribution is -0.131. The van der Waals surface area contributed by atoms with Crippen molar-refractivity contribution in [3.63, 3.8) is 0 Å². The topological polar surface area (TPSA) is 46.3 Å². The highest BCUT2D eigenvalue weighted by molar-refractivity contribution is 7.11. The van der Waals surface area contributed by atoms with Crippen LogP contribution in [0.4, 0.5) is 0 Å². The summed E-state index contributed by atoms with van der Waals surface area (Å²) in [5.74, 6) is 0.0172. The lowest BCUT2D eigenvalue weighted by Crippen LogP contribution is -2.40. The van der Waals surface area contributed by atoms with Gasteiger partial charge in [0.1, 0.15) is 0 Å². The molecule has 0 fully saturated rings. The number of carbonyl (C=O) groups is 1. The molecule has 0 unspecified atom stereocenters. The van der Waals surface area contributed by atoms with Gasteiger partial charge in [-0.1, -0.05) is 6.92 Å². The first kappa shape index (κ1) is 12.2. The number of thiophene rings is 1. The van der Waals surface area contributed by atoms with Crippen LogP contribution in [0.25, 0.3) is 0 Å². The number of rotatable bonds is 4. The molecule has 1 amide bonds. The molecule has 0 saturated heterocycles. The molecule has 0 aromatic carbocycles. The van der Waals surface area contributed by atoms with E-state index in [1.54, 1.807) is 23.3 Å². The standard InChI is InChI=1S/C11H18N2OS/c1-4-10(12)11(14)13(3)7-9-6-5-8(2)15-9/h5-6,10H,4,7,12H2,1-3H3/t10-/m0/s1. The van der Waals surface area contributed by atoms with E-state index in [1.165, 1.54) is 9.75 Å². The van der Waals surface area contributed by atoms with E-state index in [2.05, 4.69) is 19.1 Å². The van der Waals surface area contributed by atoms with Crippen LogP contribution in [-0.2, 0) is 11.3 Å². The van der Waals surface area contributed by atoms with E-state index in [9.17, 15) is 4.79 Å². The fraction of sp³-hybridized carbons (Fsp3) is 0.545. The zero-order valence-electron chi connectivity index (χ0n) is 9.49. The number of hydrogen-bond acceptors (Lipinski definition) is 3. The van der Waals surface area contributed by atoms with Gasteiger partial charge in [-0.2, -0.15) is 0 Å². The first-order valence-electron chi connectivity index (χ1n) is 5.10. The minimum Gasteiger partial charge on any atom is -0.339 e. The normalized spacial score (nSPS) is 12.5. The van der Waals surface area contributed by atoms with Gasteiger partial charge in [-0.25, -0.2) is 0 Å². The monoisotopic (exact) mass is 226 g/mol. The summed E-state index contributed by atoms with van der Waals surface area (Å²) in [4.78, 5) is 15.9. The summed E-state index contributed by atoms with van der Waals surface area (Å²) < 4.78 is 0. The minimum absolute atomic E-state index is 0.0172. The molecule has 1 heterocycles. The van der Waals surface area contributed by atoms with Gasteiger partial charge in [0.25, 0.3) is 0 Å². The van der Waals surface area contributed by atoms with E-state index in [-0.39, 0.29) is 11.9 Å². The minimum atomic E-state index is -0.365. The third-order valence-corrected chi connectivity index (χ3v) is 3.31. The fourth-order valence-corrected chi connectivity index (χ4v) is 2.28. The molecular formula is C11H18N2OS. The highest BCUT2D eigenvalue weighted by Gasteiger charge is 2.16. The predicted molar refractivity (Wildman–Crippen MR) is 63.8 cm³/mol. The predicted octanol–water partition coefficient (Wildman–Crippen LogP) is 1.75. The summed E-state index contributed by atoms with van der Waals surface area (Å²) in [5.41, 5.74) is 5.69. The largest absolute Gasteiger partial charge is 0.339 e. The number of amides is 1. The van der Waals surface area contributed by atoms with Crippen molar-refractivity contribution in [2.24, 2.45) is 5.73 Å². The smallest absolute Gasteiger partial charge is 0.239 e. The van der Waals surface area contributed by atoms with E-state index >= 15 is 0 Å². The van der Waals surface area contributed by atoms with E-state index in [0.717, 1.165) is 0 Å². The van der Waals surface area contributed by atoms with Gasteiger partial charge in [0.05, 0.1) is 12.6 Å². The van der Waals surface area contributed by atoms with Gasteiger partial charge in [-0.3, -0.25) is 4.79 Å². The van der Waals surface area contributed by atoms with Crippen molar-refractivity contribution in [1.82, 2.24) is 4.90 Å². The second-order valence-corrected chi connectivity index (χ2v) is 5.09. The molecule has 1 aromatic heterocycles. The molecule has 2 N–H and O–H groups in total. The molecule has 0 saturated carbocycles. The van der Waals surface area contributed by atoms with Gasteiger partial charge < -0.3 is 10.6 Å². The van der Waals surface area contributed by atoms with Crippen molar-refractivity contribution in [2.75, 3.05) is 7.05 Å². The average Bonchev–Trinajstić information content (AvgIpc) is 2.61. The first-order valence-corrected chi connectivity index (χ1v) is 5.92. The fourth-order valence-electron chi connectivity index (χ4n) is 1.34. The summed E-state index contributed by atoms with van der Waals surface area (Å²) >= 11 is 1.72. The molecule has 1 atom stereocenters. The Morgan fingerprint density at radius 2 is 2.27 bits per heavy atom. The van der Waals surface area contributed by atoms with Crippen LogP contribution in [0.2, 0.25) is 0 Å². The van der Waals surface area contributed by atoms with Gasteiger partial charge in [-0.15, -0.1) is 11.3 Å². The van der Waals surface area contributed by atoms with E-state index in [4.69, 9.17) is 5.73 Å². The van der Waals surface area contributed by atoms with Gasteiger partial charge in [-0.05, 0) is 25.5 Å². The van der Waals surface area contributed by atoms with Crippen molar-refractivity contribution in [2.45, 2.75) is 32.9 Å². The summed E-state index contributed by atoms with van der Waals surface area (Å²) in [6.07, 6.45) is 0.687. The zero-order chi connectivity index (χ0) is 11.4. The molecule has 84 valence electrons. The summed E-state index contributed by atoms with van der Waals surface area (Å²) in [6.45, 7) is 4.64. The van der Waals surface area contributed by atoms with Gasteiger partial charge >= 0.3 is 0 Å². The Morgan fingerprint density at radius 1 is 1.60 bits per heavy atom. The van der Waals surface area contributed by atoms with Crippen LogP contribution in [0.1, 0.15) is 23.1 Å². The number of nitrogens with zero attached hydrogens (tertiary/aromatic N) is 1. The van der Waals surface area contributed by atoms with Crippen LogP contribution < -0.4 is 5.73 Å². The van der Waals surface area contributed by atoms with Crippen molar-refractivity contribution >= 4 is 17.2 Å². The molecule has 3 nitrogen and oxygen atoms in total. The van der Waals surface area contributed by atoms with Crippen LogP contribution in [-0.4, -0.2) is 23.9 Å². The van der Waals surface area contributed by atoms with Crippen molar-refractivity contribution in [1.29, 1.82) is 0 Å². The summed E-state index contributed by atoms with van der Waals surface area (Å²) in [6, 6.07) is 3.76. The molecule has 0 bridgehead atoms. The SMILES string of the molecule is CC[C@H](N)C(=O)N(C)Cc1ccc(C)s1. The Hall–Kier alpha value is -0.870. The number of nitrogens with two attached hydrogens (primary N) is 1. The number of carbonyl (C=O) groups excluding carboxylic acids is 1. The Kier molecular flexibility index (Phi) is 4.29. The summed E-state index contributed by atoms with van der Waals surface area (Å²) in [5, 5.41) is 0. The Bertz CT molecular complexity index is 335. The molecule has 1 aromatic rings. The van der Waals surface area contributed by atoms with Crippen LogP contribution in [0.15, 0.2) is 12.1 Å². The van der Waals surface area contributed by atoms with Crippen molar-refractivity contribution in [3.8, 4) is 0 Å². The third kappa shape index (κ3) is 3.32. The zero-order valence-corrected chi connectivity index (χ0v) is 10.3. The maximum atomic E-state index is 11.7. The quantitative estimate of drug-likeness (QED) is 0.850. The second kappa shape index (κ2) is 5.28. The highest BCUT2D eigenvalue weighted by Crippen LogP contribution is 2.16.